The molecule has 0 bridgehead atoms. The Morgan fingerprint density at radius 1 is 1.29 bits per heavy atom. The molecule has 4 rings (SSSR count). The SMILES string of the molecule is Cc1ccc(C(=O)NC2CC2)cc1Nc1ncnc2c1CCNC2. The van der Waals surface area contributed by atoms with Gasteiger partial charge in [0.25, 0.3) is 5.91 Å². The van der Waals surface area contributed by atoms with Gasteiger partial charge in [-0.3, -0.25) is 4.79 Å². The van der Waals surface area contributed by atoms with Crippen molar-refractivity contribution >= 4 is 17.4 Å². The number of amides is 1. The molecule has 0 spiro atoms. The zero-order valence-corrected chi connectivity index (χ0v) is 13.7. The van der Waals surface area contributed by atoms with Crippen molar-refractivity contribution in [3.63, 3.8) is 0 Å². The largest absolute Gasteiger partial charge is 0.349 e. The van der Waals surface area contributed by atoms with E-state index in [1.165, 1.54) is 0 Å². The molecule has 1 aromatic heterocycles. The number of benzene rings is 1. The Kier molecular flexibility index (Phi) is 3.90. The van der Waals surface area contributed by atoms with Crippen molar-refractivity contribution < 1.29 is 4.79 Å². The second kappa shape index (κ2) is 6.20. The lowest BCUT2D eigenvalue weighted by Gasteiger charge is -2.20. The summed E-state index contributed by atoms with van der Waals surface area (Å²) in [6, 6.07) is 6.11. The number of hydrogen-bond acceptors (Lipinski definition) is 5. The van der Waals surface area contributed by atoms with E-state index in [1.807, 2.05) is 25.1 Å². The van der Waals surface area contributed by atoms with Crippen LogP contribution in [0.3, 0.4) is 0 Å². The first-order valence-corrected chi connectivity index (χ1v) is 8.43. The Hall–Kier alpha value is -2.47. The maximum Gasteiger partial charge on any atom is 0.251 e. The van der Waals surface area contributed by atoms with Crippen LogP contribution >= 0.6 is 0 Å². The van der Waals surface area contributed by atoms with Crippen LogP contribution in [-0.2, 0) is 13.0 Å². The number of aromatic nitrogens is 2. The fraction of sp³-hybridized carbons (Fsp3) is 0.389. The first kappa shape index (κ1) is 15.1. The molecule has 1 fully saturated rings. The topological polar surface area (TPSA) is 78.9 Å². The highest BCUT2D eigenvalue weighted by Gasteiger charge is 2.24. The van der Waals surface area contributed by atoms with Gasteiger partial charge in [-0.05, 0) is 50.4 Å². The Morgan fingerprint density at radius 3 is 3.00 bits per heavy atom. The van der Waals surface area contributed by atoms with Gasteiger partial charge in [0.05, 0.1) is 5.69 Å². The average Bonchev–Trinajstić information content (AvgIpc) is 3.41. The summed E-state index contributed by atoms with van der Waals surface area (Å²) in [5.74, 6) is 0.832. The first-order chi connectivity index (χ1) is 11.7. The smallest absolute Gasteiger partial charge is 0.251 e. The third kappa shape index (κ3) is 3.10. The molecule has 1 aliphatic heterocycles. The van der Waals surface area contributed by atoms with Crippen LogP contribution in [0.1, 0.15) is 40.0 Å². The number of aryl methyl sites for hydroxylation is 1. The zero-order valence-electron chi connectivity index (χ0n) is 13.7. The molecule has 3 N–H and O–H groups in total. The van der Waals surface area contributed by atoms with Crippen LogP contribution in [0.4, 0.5) is 11.5 Å². The van der Waals surface area contributed by atoms with E-state index in [1.54, 1.807) is 6.33 Å². The highest BCUT2D eigenvalue weighted by atomic mass is 16.1. The number of nitrogens with one attached hydrogen (secondary N) is 3. The van der Waals surface area contributed by atoms with Crippen molar-refractivity contribution in [3.8, 4) is 0 Å². The lowest BCUT2D eigenvalue weighted by atomic mass is 10.1. The molecule has 1 aromatic carbocycles. The van der Waals surface area contributed by atoms with Gasteiger partial charge in [0.2, 0.25) is 0 Å². The lowest BCUT2D eigenvalue weighted by Crippen LogP contribution is -2.26. The van der Waals surface area contributed by atoms with Gasteiger partial charge in [-0.25, -0.2) is 9.97 Å². The molecule has 6 nitrogen and oxygen atoms in total. The second-order valence-electron chi connectivity index (χ2n) is 6.48. The molecule has 0 saturated heterocycles. The van der Waals surface area contributed by atoms with Gasteiger partial charge < -0.3 is 16.0 Å². The van der Waals surface area contributed by atoms with E-state index in [-0.39, 0.29) is 5.91 Å². The van der Waals surface area contributed by atoms with E-state index >= 15 is 0 Å². The van der Waals surface area contributed by atoms with E-state index in [0.717, 1.165) is 60.7 Å². The minimum absolute atomic E-state index is 0.00512. The number of rotatable bonds is 4. The Balaban J connectivity index is 1.61. The molecule has 0 radical (unpaired) electrons. The van der Waals surface area contributed by atoms with Crippen LogP contribution in [0.5, 0.6) is 0 Å². The van der Waals surface area contributed by atoms with Crippen molar-refractivity contribution in [2.45, 2.75) is 38.8 Å². The van der Waals surface area contributed by atoms with E-state index in [4.69, 9.17) is 0 Å². The molecule has 0 unspecified atom stereocenters. The van der Waals surface area contributed by atoms with Crippen LogP contribution < -0.4 is 16.0 Å². The quantitative estimate of drug-likeness (QED) is 0.803. The van der Waals surface area contributed by atoms with E-state index < -0.39 is 0 Å². The third-order valence-corrected chi connectivity index (χ3v) is 4.54. The maximum atomic E-state index is 12.3. The highest BCUT2D eigenvalue weighted by Crippen LogP contribution is 2.26. The molecular weight excluding hydrogens is 302 g/mol. The Bertz CT molecular complexity index is 785. The van der Waals surface area contributed by atoms with Gasteiger partial charge in [-0.1, -0.05) is 6.07 Å². The highest BCUT2D eigenvalue weighted by molar-refractivity contribution is 5.96. The molecule has 1 aliphatic carbocycles. The van der Waals surface area contributed by atoms with Crippen molar-refractivity contribution in [1.29, 1.82) is 0 Å². The summed E-state index contributed by atoms with van der Waals surface area (Å²) < 4.78 is 0. The van der Waals surface area contributed by atoms with E-state index in [0.29, 0.717) is 11.6 Å². The summed E-state index contributed by atoms with van der Waals surface area (Å²) >= 11 is 0. The molecule has 0 atom stereocenters. The molecule has 124 valence electrons. The molecule has 2 aromatic rings. The predicted molar refractivity (Wildman–Crippen MR) is 92.4 cm³/mol. The Morgan fingerprint density at radius 2 is 2.17 bits per heavy atom. The van der Waals surface area contributed by atoms with Gasteiger partial charge in [0.15, 0.2) is 0 Å². The molecule has 6 heteroatoms. The number of carbonyl (C=O) groups excluding carboxylic acids is 1. The molecule has 2 aliphatic rings. The van der Waals surface area contributed by atoms with Crippen LogP contribution in [-0.4, -0.2) is 28.5 Å². The van der Waals surface area contributed by atoms with Gasteiger partial charge in [0, 0.05) is 29.4 Å². The number of fused-ring (bicyclic) bond motifs is 1. The van der Waals surface area contributed by atoms with Crippen LogP contribution in [0.15, 0.2) is 24.5 Å². The predicted octanol–water partition coefficient (Wildman–Crippen LogP) is 2.07. The van der Waals surface area contributed by atoms with Crippen molar-refractivity contribution in [2.75, 3.05) is 11.9 Å². The second-order valence-corrected chi connectivity index (χ2v) is 6.48. The summed E-state index contributed by atoms with van der Waals surface area (Å²) in [4.78, 5) is 21.0. The maximum absolute atomic E-state index is 12.3. The number of carbonyl (C=O) groups is 1. The lowest BCUT2D eigenvalue weighted by molar-refractivity contribution is 0.0951. The van der Waals surface area contributed by atoms with Crippen molar-refractivity contribution in [2.24, 2.45) is 0 Å². The summed E-state index contributed by atoms with van der Waals surface area (Å²) in [7, 11) is 0. The first-order valence-electron chi connectivity index (χ1n) is 8.43. The van der Waals surface area contributed by atoms with Crippen molar-refractivity contribution in [1.82, 2.24) is 20.6 Å². The number of hydrogen-bond donors (Lipinski definition) is 3. The van der Waals surface area contributed by atoms with Gasteiger partial charge in [0.1, 0.15) is 12.1 Å². The van der Waals surface area contributed by atoms with Gasteiger partial charge >= 0.3 is 0 Å². The van der Waals surface area contributed by atoms with Crippen LogP contribution in [0.2, 0.25) is 0 Å². The number of nitrogens with zero attached hydrogens (tertiary/aromatic N) is 2. The molecule has 1 saturated carbocycles. The molecular formula is C18H21N5O. The molecule has 24 heavy (non-hydrogen) atoms. The standard InChI is InChI=1S/C18H21N5O/c1-11-2-3-12(18(24)22-13-4-5-13)8-15(11)23-17-14-6-7-19-9-16(14)20-10-21-17/h2-3,8,10,13,19H,4-7,9H2,1H3,(H,22,24)(H,20,21,23). The molecule has 1 amide bonds. The minimum atomic E-state index is -0.00512. The van der Waals surface area contributed by atoms with Crippen LogP contribution in [0.25, 0.3) is 0 Å². The number of anilines is 2. The summed E-state index contributed by atoms with van der Waals surface area (Å²) in [6.45, 7) is 3.73. The zero-order chi connectivity index (χ0) is 16.5. The summed E-state index contributed by atoms with van der Waals surface area (Å²) in [5.41, 5.74) is 4.87. The fourth-order valence-corrected chi connectivity index (χ4v) is 2.91. The Labute approximate surface area is 141 Å². The van der Waals surface area contributed by atoms with Gasteiger partial charge in [-0.2, -0.15) is 0 Å². The summed E-state index contributed by atoms with van der Waals surface area (Å²) in [6.07, 6.45) is 4.67. The average molecular weight is 323 g/mol. The molecule has 2 heterocycles. The van der Waals surface area contributed by atoms with E-state index in [9.17, 15) is 4.79 Å². The monoisotopic (exact) mass is 323 g/mol. The van der Waals surface area contributed by atoms with Crippen molar-refractivity contribution in [3.05, 3.63) is 46.9 Å². The minimum Gasteiger partial charge on any atom is -0.349 e. The summed E-state index contributed by atoms with van der Waals surface area (Å²) in [5, 5.41) is 9.76. The third-order valence-electron chi connectivity index (χ3n) is 4.54. The fourth-order valence-electron chi connectivity index (χ4n) is 2.91. The van der Waals surface area contributed by atoms with E-state index in [2.05, 4.69) is 25.9 Å². The van der Waals surface area contributed by atoms with Crippen LogP contribution in [0, 0.1) is 6.92 Å². The van der Waals surface area contributed by atoms with Gasteiger partial charge in [-0.15, -0.1) is 0 Å². The normalized spacial score (nSPS) is 16.4.